The number of carbonyl (C=O) groups excluding carboxylic acids is 3. The fourth-order valence-corrected chi connectivity index (χ4v) is 4.50. The van der Waals surface area contributed by atoms with E-state index in [-0.39, 0.29) is 0 Å². The van der Waals surface area contributed by atoms with E-state index in [2.05, 4.69) is 20.4 Å². The molecule has 3 amide bonds. The van der Waals surface area contributed by atoms with Crippen LogP contribution in [0.15, 0.2) is 48.5 Å². The average molecular weight is 620 g/mol. The Morgan fingerprint density at radius 1 is 0.911 bits per heavy atom. The maximum Gasteiger partial charge on any atom is 0.318 e. The van der Waals surface area contributed by atoms with Gasteiger partial charge >= 0.3 is 6.03 Å². The first-order chi connectivity index (χ1) is 21.6. The van der Waals surface area contributed by atoms with Gasteiger partial charge in [-0.15, -0.1) is 0 Å². The molecule has 0 fully saturated rings. The van der Waals surface area contributed by atoms with Crippen LogP contribution in [-0.2, 0) is 19.6 Å². The number of carbonyl (C=O) groups is 3. The highest BCUT2D eigenvalue weighted by Crippen LogP contribution is 2.23. The molecule has 0 aliphatic rings. The fraction of sp³-hybridized carbons (Fsp3) is 0.355. The molecule has 0 aliphatic carbocycles. The molecule has 45 heavy (non-hydrogen) atoms. The summed E-state index contributed by atoms with van der Waals surface area (Å²) in [7, 11) is 0. The average Bonchev–Trinajstić information content (AvgIpc) is 3.67. The van der Waals surface area contributed by atoms with Gasteiger partial charge in [0.1, 0.15) is 5.69 Å². The summed E-state index contributed by atoms with van der Waals surface area (Å²) in [6.07, 6.45) is 2.45. The first kappa shape index (κ1) is 36.0. The number of rotatable bonds is 9. The normalized spacial score (nSPS) is 10.2. The van der Waals surface area contributed by atoms with Gasteiger partial charge in [-0.3, -0.25) is 19.6 Å². The summed E-state index contributed by atoms with van der Waals surface area (Å²) in [5.74, 6) is 0.270. The van der Waals surface area contributed by atoms with Gasteiger partial charge in [-0.1, -0.05) is 32.9 Å². The Morgan fingerprint density at radius 3 is 2.11 bits per heavy atom. The molecule has 0 radical (unpaired) electrons. The van der Waals surface area contributed by atoms with Gasteiger partial charge in [0.2, 0.25) is 17.8 Å². The van der Waals surface area contributed by atoms with Crippen LogP contribution in [0, 0.1) is 6.92 Å². The number of hydrogen-bond acceptors (Lipinski definition) is 8. The number of unbranched alkanes of at least 4 members (excludes halogenated alkanes) is 1. The molecule has 5 rings (SSSR count). The van der Waals surface area contributed by atoms with E-state index in [1.165, 1.54) is 0 Å². The van der Waals surface area contributed by atoms with Crippen LogP contribution in [0.2, 0.25) is 0 Å². The van der Waals surface area contributed by atoms with E-state index in [1.807, 2.05) is 68.0 Å². The molecule has 9 N–H and O–H groups in total. The highest BCUT2D eigenvalue weighted by atomic mass is 16.2. The molecule has 0 unspecified atom stereocenters. The highest BCUT2D eigenvalue weighted by molar-refractivity contribution is 5.97. The van der Waals surface area contributed by atoms with Crippen molar-refractivity contribution in [1.82, 2.24) is 28.9 Å². The molecule has 0 atom stereocenters. The number of urea groups is 1. The Kier molecular flexibility index (Phi) is 14.2. The first-order valence-electron chi connectivity index (χ1n) is 14.9. The standard InChI is InChI=1S/C20H22N8O2.C7H10N2O.C2H7N.C2H6/c21-17(29)12-7-8-16-14(11-12)25-20(26-19(23)30)28(16)10-4-3-9-27-15-6-2-1-5-13(15)24-18(27)22;1-3-9-7(5-10)4-6(2)8-9;1-2-3;1-2/h1-2,5-8,11H,3-4,9-10H2,(H2,21,29)(H2,22,24)(H3,23,25,26,30);4-5H,3H2,1-2H3;2-3H2,1H3;1-2H3. The Labute approximate surface area is 262 Å². The van der Waals surface area contributed by atoms with Gasteiger partial charge in [0.15, 0.2) is 6.29 Å². The third kappa shape index (κ3) is 9.63. The molecule has 0 aliphatic heterocycles. The Hall–Kier alpha value is -5.24. The largest absolute Gasteiger partial charge is 0.369 e. The van der Waals surface area contributed by atoms with E-state index >= 15 is 0 Å². The predicted molar refractivity (Wildman–Crippen MR) is 179 cm³/mol. The molecule has 14 heteroatoms. The number of amides is 3. The second kappa shape index (κ2) is 17.8. The van der Waals surface area contributed by atoms with Gasteiger partial charge < -0.3 is 32.1 Å². The minimum atomic E-state index is -0.709. The van der Waals surface area contributed by atoms with E-state index in [4.69, 9.17) is 22.9 Å². The van der Waals surface area contributed by atoms with Crippen molar-refractivity contribution in [3.63, 3.8) is 0 Å². The van der Waals surface area contributed by atoms with E-state index in [1.54, 1.807) is 28.9 Å². The fourth-order valence-electron chi connectivity index (χ4n) is 4.50. The zero-order valence-electron chi connectivity index (χ0n) is 26.7. The Balaban J connectivity index is 0.000000392. The topological polar surface area (TPSA) is 221 Å². The number of imidazole rings is 2. The lowest BCUT2D eigenvalue weighted by Gasteiger charge is -2.10. The van der Waals surface area contributed by atoms with Crippen LogP contribution in [-0.4, -0.2) is 53.7 Å². The van der Waals surface area contributed by atoms with Crippen molar-refractivity contribution in [2.24, 2.45) is 17.2 Å². The number of nitrogens with one attached hydrogen (secondary N) is 1. The number of hydrogen-bond donors (Lipinski definition) is 5. The van der Waals surface area contributed by atoms with Crippen molar-refractivity contribution in [3.05, 3.63) is 65.5 Å². The van der Waals surface area contributed by atoms with E-state index < -0.39 is 11.9 Å². The number of aldehydes is 1. The van der Waals surface area contributed by atoms with Crippen molar-refractivity contribution in [2.45, 2.75) is 67.1 Å². The van der Waals surface area contributed by atoms with Crippen LogP contribution >= 0.6 is 0 Å². The van der Waals surface area contributed by atoms with Gasteiger partial charge in [-0.05, 0) is 69.6 Å². The molecule has 0 bridgehead atoms. The van der Waals surface area contributed by atoms with Crippen LogP contribution in [0.25, 0.3) is 22.1 Å². The number of aromatic nitrogens is 6. The second-order valence-corrected chi connectivity index (χ2v) is 9.51. The summed E-state index contributed by atoms with van der Waals surface area (Å²) >= 11 is 0. The minimum Gasteiger partial charge on any atom is -0.369 e. The number of nitrogens with two attached hydrogens (primary N) is 4. The van der Waals surface area contributed by atoms with Crippen LogP contribution in [0.3, 0.4) is 0 Å². The number of anilines is 2. The Bertz CT molecular complexity index is 1700. The minimum absolute atomic E-state index is 0.326. The molecule has 5 aromatic rings. The number of para-hydroxylation sites is 2. The van der Waals surface area contributed by atoms with Crippen molar-refractivity contribution in [3.8, 4) is 0 Å². The molecule has 14 nitrogen and oxygen atoms in total. The lowest BCUT2D eigenvalue weighted by Crippen LogP contribution is -2.22. The first-order valence-corrected chi connectivity index (χ1v) is 14.9. The molecule has 0 saturated heterocycles. The molecule has 3 heterocycles. The van der Waals surface area contributed by atoms with Gasteiger partial charge in [0, 0.05) is 25.2 Å². The van der Waals surface area contributed by atoms with Gasteiger partial charge in [0.25, 0.3) is 0 Å². The van der Waals surface area contributed by atoms with Crippen molar-refractivity contribution in [1.29, 1.82) is 0 Å². The summed E-state index contributed by atoms with van der Waals surface area (Å²) in [6.45, 7) is 12.5. The lowest BCUT2D eigenvalue weighted by atomic mass is 10.2. The van der Waals surface area contributed by atoms with Gasteiger partial charge in [-0.25, -0.2) is 14.8 Å². The molecule has 2 aromatic carbocycles. The maximum atomic E-state index is 11.4. The molecular formula is C31H45N11O3. The van der Waals surface area contributed by atoms with Crippen molar-refractivity contribution >= 4 is 52.2 Å². The summed E-state index contributed by atoms with van der Waals surface area (Å²) in [6, 6.07) is 13.9. The van der Waals surface area contributed by atoms with Crippen LogP contribution in [0.1, 0.15) is 67.1 Å². The number of benzene rings is 2. The van der Waals surface area contributed by atoms with Gasteiger partial charge in [0.05, 0.1) is 27.8 Å². The smallest absolute Gasteiger partial charge is 0.318 e. The zero-order valence-corrected chi connectivity index (χ0v) is 26.7. The van der Waals surface area contributed by atoms with E-state index in [0.29, 0.717) is 41.8 Å². The number of fused-ring (bicyclic) bond motifs is 2. The monoisotopic (exact) mass is 619 g/mol. The molecule has 3 aromatic heterocycles. The van der Waals surface area contributed by atoms with Crippen LogP contribution in [0.5, 0.6) is 0 Å². The number of nitrogens with zero attached hydrogens (tertiary/aromatic N) is 6. The summed E-state index contributed by atoms with van der Waals surface area (Å²) in [5, 5.41) is 6.62. The number of nitrogen functional groups attached to an aromatic ring is 1. The number of primary amides is 2. The third-order valence-corrected chi connectivity index (χ3v) is 6.32. The molecule has 0 spiro atoms. The van der Waals surface area contributed by atoms with Crippen LogP contribution in [0.4, 0.5) is 16.7 Å². The summed E-state index contributed by atoms with van der Waals surface area (Å²) in [4.78, 5) is 41.9. The van der Waals surface area contributed by atoms with Crippen LogP contribution < -0.4 is 28.3 Å². The quantitative estimate of drug-likeness (QED) is 0.119. The second-order valence-electron chi connectivity index (χ2n) is 9.51. The Morgan fingerprint density at radius 2 is 1.53 bits per heavy atom. The molecular weight excluding hydrogens is 574 g/mol. The van der Waals surface area contributed by atoms with Gasteiger partial charge in [-0.2, -0.15) is 5.10 Å². The number of aryl methyl sites for hydroxylation is 4. The van der Waals surface area contributed by atoms with Crippen molar-refractivity contribution < 1.29 is 14.4 Å². The molecule has 242 valence electrons. The summed E-state index contributed by atoms with van der Waals surface area (Å²) in [5.41, 5.74) is 26.6. The van der Waals surface area contributed by atoms with E-state index in [0.717, 1.165) is 54.5 Å². The SMILES string of the molecule is CC.CCN.CCn1nc(C)cc1C=O.NC(=O)Nc1nc2cc(C(N)=O)ccc2n1CCCCn1c(N)nc2ccccc21. The summed E-state index contributed by atoms with van der Waals surface area (Å²) < 4.78 is 5.53. The third-order valence-electron chi connectivity index (χ3n) is 6.32. The maximum absolute atomic E-state index is 11.4. The van der Waals surface area contributed by atoms with Crippen molar-refractivity contribution in [2.75, 3.05) is 17.6 Å². The molecule has 0 saturated carbocycles. The predicted octanol–water partition coefficient (Wildman–Crippen LogP) is 4.05. The van der Waals surface area contributed by atoms with E-state index in [9.17, 15) is 14.4 Å². The highest BCUT2D eigenvalue weighted by Gasteiger charge is 2.14. The lowest BCUT2D eigenvalue weighted by molar-refractivity contribution is 0.1000. The zero-order chi connectivity index (χ0) is 33.5.